The quantitative estimate of drug-likeness (QED) is 0.626. The molecule has 2 N–H and O–H groups in total. The van der Waals surface area contributed by atoms with Crippen molar-refractivity contribution in [3.63, 3.8) is 0 Å². The maximum atomic E-state index is 13.6. The van der Waals surface area contributed by atoms with Gasteiger partial charge in [0.25, 0.3) is 0 Å². The van der Waals surface area contributed by atoms with Crippen molar-refractivity contribution in [1.29, 1.82) is 0 Å². The lowest BCUT2D eigenvalue weighted by molar-refractivity contribution is -0.136. The van der Waals surface area contributed by atoms with Gasteiger partial charge < -0.3 is 10.6 Å². The molecular weight excluding hydrogens is 445 g/mol. The Balaban J connectivity index is 1.60. The molecule has 0 saturated carbocycles. The molecule has 0 radical (unpaired) electrons. The molecule has 0 bridgehead atoms. The lowest BCUT2D eigenvalue weighted by Crippen LogP contribution is -2.45. The first-order valence-electron chi connectivity index (χ1n) is 11.0. The van der Waals surface area contributed by atoms with Crippen LogP contribution >= 0.6 is 0 Å². The summed E-state index contributed by atoms with van der Waals surface area (Å²) in [7, 11) is -3.79. The summed E-state index contributed by atoms with van der Waals surface area (Å²) in [6.45, 7) is 5.85. The number of aryl methyl sites for hydroxylation is 3. The molecule has 1 saturated heterocycles. The second-order valence-corrected chi connectivity index (χ2v) is 10.4. The van der Waals surface area contributed by atoms with Crippen LogP contribution in [0.4, 0.5) is 10.1 Å². The van der Waals surface area contributed by atoms with Gasteiger partial charge in [0.1, 0.15) is 5.82 Å². The molecule has 2 aromatic carbocycles. The molecule has 3 rings (SSSR count). The van der Waals surface area contributed by atoms with E-state index in [1.807, 2.05) is 26.0 Å². The fraction of sp³-hybridized carbons (Fsp3) is 0.417. The first kappa shape index (κ1) is 24.9. The Morgan fingerprint density at radius 2 is 1.79 bits per heavy atom. The van der Waals surface area contributed by atoms with Gasteiger partial charge in [-0.2, -0.15) is 4.31 Å². The molecule has 1 aliphatic rings. The molecule has 0 spiro atoms. The largest absolute Gasteiger partial charge is 0.348 e. The maximum absolute atomic E-state index is 13.6. The van der Waals surface area contributed by atoms with Crippen LogP contribution in [0.25, 0.3) is 0 Å². The average molecular weight is 476 g/mol. The summed E-state index contributed by atoms with van der Waals surface area (Å²) < 4.78 is 41.4. The average Bonchev–Trinajstić information content (AvgIpc) is 2.77. The number of sulfonamides is 1. The van der Waals surface area contributed by atoms with E-state index < -0.39 is 27.7 Å². The van der Waals surface area contributed by atoms with E-state index in [9.17, 15) is 22.4 Å². The van der Waals surface area contributed by atoms with Gasteiger partial charge in [0.15, 0.2) is 0 Å². The van der Waals surface area contributed by atoms with Crippen LogP contribution in [0.2, 0.25) is 0 Å². The third kappa shape index (κ3) is 5.97. The summed E-state index contributed by atoms with van der Waals surface area (Å²) in [6, 6.07) is 8.98. The van der Waals surface area contributed by atoms with E-state index in [0.29, 0.717) is 25.1 Å². The number of rotatable bonds is 6. The lowest BCUT2D eigenvalue weighted by atomic mass is 10.0. The summed E-state index contributed by atoms with van der Waals surface area (Å²) in [5.41, 5.74) is 2.75. The van der Waals surface area contributed by atoms with E-state index in [-0.39, 0.29) is 23.0 Å². The van der Waals surface area contributed by atoms with Crippen molar-refractivity contribution in [3.8, 4) is 0 Å². The molecule has 33 heavy (non-hydrogen) atoms. The van der Waals surface area contributed by atoms with Crippen molar-refractivity contribution in [2.24, 2.45) is 0 Å². The van der Waals surface area contributed by atoms with Gasteiger partial charge in [-0.1, -0.05) is 24.1 Å². The molecule has 1 atom stereocenters. The first-order chi connectivity index (χ1) is 15.6. The van der Waals surface area contributed by atoms with Gasteiger partial charge in [-0.05, 0) is 75.4 Å². The molecule has 2 amide bonds. The van der Waals surface area contributed by atoms with Crippen LogP contribution in [-0.4, -0.2) is 43.7 Å². The van der Waals surface area contributed by atoms with Gasteiger partial charge in [0, 0.05) is 24.8 Å². The van der Waals surface area contributed by atoms with Crippen LogP contribution in [0, 0.1) is 26.6 Å². The minimum absolute atomic E-state index is 0.0604. The number of carbonyl (C=O) groups excluding carboxylic acids is 2. The van der Waals surface area contributed by atoms with E-state index in [4.69, 9.17) is 0 Å². The summed E-state index contributed by atoms with van der Waals surface area (Å²) in [5, 5.41) is 5.19. The smallest absolute Gasteiger partial charge is 0.313 e. The molecule has 2 aromatic rings. The Labute approximate surface area is 194 Å². The number of amides is 2. The normalized spacial score (nSPS) is 16.9. The predicted molar refractivity (Wildman–Crippen MR) is 125 cm³/mol. The van der Waals surface area contributed by atoms with Crippen molar-refractivity contribution in [2.45, 2.75) is 57.4 Å². The summed E-state index contributed by atoms with van der Waals surface area (Å²) in [4.78, 5) is 24.5. The van der Waals surface area contributed by atoms with Crippen LogP contribution in [0.5, 0.6) is 0 Å². The molecule has 0 aromatic heterocycles. The number of hydrogen-bond acceptors (Lipinski definition) is 4. The predicted octanol–water partition coefficient (Wildman–Crippen LogP) is 3.44. The van der Waals surface area contributed by atoms with Crippen molar-refractivity contribution < 1.29 is 22.4 Å². The van der Waals surface area contributed by atoms with Crippen LogP contribution in [-0.2, 0) is 19.6 Å². The highest BCUT2D eigenvalue weighted by atomic mass is 32.2. The summed E-state index contributed by atoms with van der Waals surface area (Å²) in [6.07, 6.45) is 2.65. The number of nitrogens with zero attached hydrogens (tertiary/aromatic N) is 1. The zero-order valence-corrected chi connectivity index (χ0v) is 20.0. The van der Waals surface area contributed by atoms with Crippen molar-refractivity contribution in [3.05, 3.63) is 58.9 Å². The van der Waals surface area contributed by atoms with E-state index >= 15 is 0 Å². The van der Waals surface area contributed by atoms with Crippen LogP contribution in [0.3, 0.4) is 0 Å². The number of halogens is 1. The summed E-state index contributed by atoms with van der Waals surface area (Å²) in [5.74, 6) is -1.99. The highest BCUT2D eigenvalue weighted by Gasteiger charge is 2.33. The Bertz CT molecular complexity index is 1150. The fourth-order valence-corrected chi connectivity index (χ4v) is 5.87. The van der Waals surface area contributed by atoms with Crippen LogP contribution < -0.4 is 10.6 Å². The SMILES string of the molecule is Cc1ccc(NC(=O)C(=O)NCC[C@H]2CCCCN2S(=O)(=O)c2ccc(F)c(C)c2)c(C)c1. The van der Waals surface area contributed by atoms with Crippen LogP contribution in [0.15, 0.2) is 41.3 Å². The Hall–Kier alpha value is -2.78. The van der Waals surface area contributed by atoms with Crippen molar-refractivity contribution in [2.75, 3.05) is 18.4 Å². The molecule has 178 valence electrons. The minimum Gasteiger partial charge on any atom is -0.348 e. The van der Waals surface area contributed by atoms with Gasteiger partial charge in [-0.25, -0.2) is 12.8 Å². The van der Waals surface area contributed by atoms with Gasteiger partial charge in [-0.3, -0.25) is 9.59 Å². The molecule has 7 nitrogen and oxygen atoms in total. The monoisotopic (exact) mass is 475 g/mol. The lowest BCUT2D eigenvalue weighted by Gasteiger charge is -2.34. The topological polar surface area (TPSA) is 95.6 Å². The zero-order chi connectivity index (χ0) is 24.2. The van der Waals surface area contributed by atoms with E-state index in [0.717, 1.165) is 30.0 Å². The van der Waals surface area contributed by atoms with Gasteiger partial charge >= 0.3 is 11.8 Å². The highest BCUT2D eigenvalue weighted by Crippen LogP contribution is 2.27. The molecule has 9 heteroatoms. The molecule has 0 aliphatic carbocycles. The molecule has 1 heterocycles. The number of benzene rings is 2. The van der Waals surface area contributed by atoms with Crippen molar-refractivity contribution >= 4 is 27.5 Å². The number of hydrogen-bond donors (Lipinski definition) is 2. The third-order valence-corrected chi connectivity index (χ3v) is 7.86. The molecule has 1 fully saturated rings. The standard InChI is InChI=1S/C24H30FN3O4S/c1-16-7-10-22(18(3)14-16)27-24(30)23(29)26-12-11-19-6-4-5-13-28(19)33(31,32)20-8-9-21(25)17(2)15-20/h7-10,14-15,19H,4-6,11-13H2,1-3H3,(H,26,29)(H,27,30)/t19-/m1/s1. The van der Waals surface area contributed by atoms with Crippen LogP contribution in [0.1, 0.15) is 42.4 Å². The fourth-order valence-electron chi connectivity index (χ4n) is 4.06. The molecule has 1 aliphatic heterocycles. The second kappa shape index (κ2) is 10.4. The van der Waals surface area contributed by atoms with E-state index in [1.54, 1.807) is 6.07 Å². The Kier molecular flexibility index (Phi) is 7.86. The van der Waals surface area contributed by atoms with Crippen molar-refractivity contribution in [1.82, 2.24) is 9.62 Å². The van der Waals surface area contributed by atoms with E-state index in [2.05, 4.69) is 10.6 Å². The van der Waals surface area contributed by atoms with Gasteiger partial charge in [0.05, 0.1) is 4.90 Å². The number of piperidine rings is 1. The molecular formula is C24H30FN3O4S. The van der Waals surface area contributed by atoms with Gasteiger partial charge in [-0.15, -0.1) is 0 Å². The second-order valence-electron chi connectivity index (χ2n) is 8.49. The van der Waals surface area contributed by atoms with Gasteiger partial charge in [0.2, 0.25) is 10.0 Å². The first-order valence-corrected chi connectivity index (χ1v) is 12.5. The third-order valence-electron chi connectivity index (χ3n) is 5.91. The Morgan fingerprint density at radius 1 is 1.03 bits per heavy atom. The minimum atomic E-state index is -3.79. The Morgan fingerprint density at radius 3 is 2.48 bits per heavy atom. The molecule has 0 unspecified atom stereocenters. The highest BCUT2D eigenvalue weighted by molar-refractivity contribution is 7.89. The maximum Gasteiger partial charge on any atom is 0.313 e. The number of carbonyl (C=O) groups is 2. The number of nitrogens with one attached hydrogen (secondary N) is 2. The van der Waals surface area contributed by atoms with E-state index in [1.165, 1.54) is 23.4 Å². The summed E-state index contributed by atoms with van der Waals surface area (Å²) >= 11 is 0. The zero-order valence-electron chi connectivity index (χ0n) is 19.2. The number of anilines is 1.